The van der Waals surface area contributed by atoms with E-state index in [0.717, 1.165) is 24.3 Å². The van der Waals surface area contributed by atoms with E-state index in [1.165, 1.54) is 114 Å². The molecule has 276 valence electrons. The van der Waals surface area contributed by atoms with Crippen LogP contribution in [0.3, 0.4) is 0 Å². The van der Waals surface area contributed by atoms with Gasteiger partial charge in [0.15, 0.2) is 11.6 Å². The van der Waals surface area contributed by atoms with Gasteiger partial charge >= 0.3 is 0 Å². The predicted molar refractivity (Wildman–Crippen MR) is 219 cm³/mol. The summed E-state index contributed by atoms with van der Waals surface area (Å²) in [5.41, 5.74) is 2.66. The van der Waals surface area contributed by atoms with Gasteiger partial charge < -0.3 is 9.84 Å². The van der Waals surface area contributed by atoms with E-state index in [2.05, 4.69) is 29.8 Å². The van der Waals surface area contributed by atoms with Crippen LogP contribution in [0.4, 0.5) is 0 Å². The number of carbonyl (C=O) groups is 2. The molecule has 5 heteroatoms. The largest absolute Gasteiger partial charge is 0.508 e. The minimum absolute atomic E-state index is 0.0319. The normalized spacial score (nSPS) is 10.3. The number of rotatable bonds is 22. The fourth-order valence-corrected chi connectivity index (χ4v) is 5.88. The number of hydrogen-bond donors (Lipinski definition) is 1. The van der Waals surface area contributed by atoms with Crippen LogP contribution in [0.5, 0.6) is 11.5 Å². The number of ether oxygens (including phenoxy) is 1. The number of carbonyl (C=O) groups excluding carboxylic acids is 2. The first kappa shape index (κ1) is 43.5. The molecule has 0 aromatic heterocycles. The van der Waals surface area contributed by atoms with E-state index in [1.54, 1.807) is 24.3 Å². The van der Waals surface area contributed by atoms with Gasteiger partial charge in [-0.3, -0.25) is 9.59 Å². The van der Waals surface area contributed by atoms with Crippen molar-refractivity contribution in [2.75, 3.05) is 11.9 Å². The number of phenolic OH excluding ortho intramolecular Hbond substituents is 1. The van der Waals surface area contributed by atoms with Gasteiger partial charge in [-0.1, -0.05) is 180 Å². The molecule has 4 aromatic carbocycles. The molecule has 4 nitrogen and oxygen atoms in total. The van der Waals surface area contributed by atoms with E-state index in [9.17, 15) is 9.59 Å². The van der Waals surface area contributed by atoms with Crippen LogP contribution in [0.25, 0.3) is 0 Å². The standard InChI is InChI=1S/C23H30O2.C13H10O2.C10H21Br/c1-2-3-4-5-6-7-8-12-19-25-22-17-15-21(16-18-22)23(24)20-13-10-9-11-14-20;14-12-8-6-11(7-9-12)13(15)10-4-2-1-3-5-10;1-2-3-4-5-6-7-8-9-10-11/h9-11,13-18H,2-8,12,19H2,1H3;1-9,14H;2-10H2,1H3. The van der Waals surface area contributed by atoms with Crippen molar-refractivity contribution in [3.05, 3.63) is 131 Å². The molecule has 0 aliphatic heterocycles. The molecule has 0 amide bonds. The van der Waals surface area contributed by atoms with Crippen molar-refractivity contribution in [2.45, 2.75) is 117 Å². The highest BCUT2D eigenvalue weighted by molar-refractivity contribution is 9.09. The Hall–Kier alpha value is -3.70. The van der Waals surface area contributed by atoms with Crippen LogP contribution in [-0.4, -0.2) is 28.6 Å². The van der Waals surface area contributed by atoms with Crippen molar-refractivity contribution >= 4 is 27.5 Å². The van der Waals surface area contributed by atoms with Crippen LogP contribution >= 0.6 is 15.9 Å². The zero-order valence-corrected chi connectivity index (χ0v) is 32.8. The molecule has 0 saturated heterocycles. The van der Waals surface area contributed by atoms with Crippen LogP contribution in [0.1, 0.15) is 148 Å². The SMILES string of the molecule is CCCCCCCCCCBr.CCCCCCCCCCOc1ccc(C(=O)c2ccccc2)cc1.O=C(c1ccccc1)c1ccc(O)cc1. The summed E-state index contributed by atoms with van der Waals surface area (Å²) in [5.74, 6) is 1.03. The summed E-state index contributed by atoms with van der Waals surface area (Å²) in [4.78, 5) is 24.2. The summed E-state index contributed by atoms with van der Waals surface area (Å²) in [5, 5.41) is 10.3. The Morgan fingerprint density at radius 2 is 0.824 bits per heavy atom. The molecule has 0 unspecified atom stereocenters. The highest BCUT2D eigenvalue weighted by Crippen LogP contribution is 2.17. The van der Waals surface area contributed by atoms with E-state index in [1.807, 2.05) is 72.8 Å². The van der Waals surface area contributed by atoms with Crippen molar-refractivity contribution in [3.63, 3.8) is 0 Å². The molecule has 0 aliphatic carbocycles. The van der Waals surface area contributed by atoms with Crippen LogP contribution in [0.2, 0.25) is 0 Å². The minimum Gasteiger partial charge on any atom is -0.508 e. The molecular weight excluding hydrogens is 696 g/mol. The molecule has 0 heterocycles. The summed E-state index contributed by atoms with van der Waals surface area (Å²) < 4.78 is 5.78. The lowest BCUT2D eigenvalue weighted by Gasteiger charge is -2.07. The topological polar surface area (TPSA) is 63.6 Å². The van der Waals surface area contributed by atoms with Crippen LogP contribution in [-0.2, 0) is 0 Å². The van der Waals surface area contributed by atoms with E-state index in [0.29, 0.717) is 16.7 Å². The second kappa shape index (κ2) is 28.9. The van der Waals surface area contributed by atoms with Crippen molar-refractivity contribution < 1.29 is 19.4 Å². The fourth-order valence-electron chi connectivity index (χ4n) is 5.48. The molecule has 4 rings (SSSR count). The quantitative estimate of drug-likeness (QED) is 0.0493. The fraction of sp³-hybridized carbons (Fsp3) is 0.435. The van der Waals surface area contributed by atoms with Crippen molar-refractivity contribution in [3.8, 4) is 11.5 Å². The minimum atomic E-state index is -0.0319. The Balaban J connectivity index is 0.000000294. The molecule has 0 spiro atoms. The number of ketones is 2. The Bertz CT molecular complexity index is 1410. The smallest absolute Gasteiger partial charge is 0.193 e. The van der Waals surface area contributed by atoms with Gasteiger partial charge in [-0.25, -0.2) is 0 Å². The first-order valence-corrected chi connectivity index (χ1v) is 20.4. The van der Waals surface area contributed by atoms with Gasteiger partial charge in [-0.2, -0.15) is 0 Å². The lowest BCUT2D eigenvalue weighted by Crippen LogP contribution is -2.01. The average Bonchev–Trinajstić information content (AvgIpc) is 3.18. The Kier molecular flexibility index (Phi) is 24.7. The molecule has 0 radical (unpaired) electrons. The van der Waals surface area contributed by atoms with Gasteiger partial charge in [0.25, 0.3) is 0 Å². The monoisotopic (exact) mass is 756 g/mol. The Morgan fingerprint density at radius 3 is 1.24 bits per heavy atom. The molecule has 51 heavy (non-hydrogen) atoms. The molecule has 0 fully saturated rings. The maximum atomic E-state index is 12.3. The summed E-state index contributed by atoms with van der Waals surface area (Å²) in [6.07, 6.45) is 21.7. The van der Waals surface area contributed by atoms with E-state index in [-0.39, 0.29) is 17.3 Å². The molecule has 0 saturated carbocycles. The highest BCUT2D eigenvalue weighted by Gasteiger charge is 2.09. The first-order chi connectivity index (χ1) is 25.0. The van der Waals surface area contributed by atoms with E-state index < -0.39 is 0 Å². The van der Waals surface area contributed by atoms with Crippen molar-refractivity contribution in [2.24, 2.45) is 0 Å². The molecular formula is C46H61BrO4. The number of unbranched alkanes of at least 4 members (excludes halogenated alkanes) is 14. The second-order valence-electron chi connectivity index (χ2n) is 12.9. The number of hydrogen-bond acceptors (Lipinski definition) is 4. The predicted octanol–water partition coefficient (Wildman–Crippen LogP) is 13.6. The van der Waals surface area contributed by atoms with Crippen molar-refractivity contribution in [1.29, 1.82) is 0 Å². The maximum absolute atomic E-state index is 12.3. The van der Waals surface area contributed by atoms with E-state index in [4.69, 9.17) is 9.84 Å². The van der Waals surface area contributed by atoms with Gasteiger partial charge in [0.1, 0.15) is 11.5 Å². The number of benzene rings is 4. The molecule has 4 aromatic rings. The van der Waals surface area contributed by atoms with Gasteiger partial charge in [0, 0.05) is 27.6 Å². The number of alkyl halides is 1. The summed E-state index contributed by atoms with van der Waals surface area (Å²) in [6, 6.07) is 32.2. The molecule has 1 N–H and O–H groups in total. The first-order valence-electron chi connectivity index (χ1n) is 19.3. The van der Waals surface area contributed by atoms with Crippen LogP contribution in [0, 0.1) is 0 Å². The van der Waals surface area contributed by atoms with Gasteiger partial charge in [-0.15, -0.1) is 0 Å². The highest BCUT2D eigenvalue weighted by atomic mass is 79.9. The summed E-state index contributed by atoms with van der Waals surface area (Å²) >= 11 is 3.44. The third kappa shape index (κ3) is 20.1. The molecule has 0 atom stereocenters. The number of aromatic hydroxyl groups is 1. The summed E-state index contributed by atoms with van der Waals surface area (Å²) in [7, 11) is 0. The zero-order valence-electron chi connectivity index (χ0n) is 31.2. The summed E-state index contributed by atoms with van der Waals surface area (Å²) in [6.45, 7) is 5.27. The Labute approximate surface area is 317 Å². The van der Waals surface area contributed by atoms with Gasteiger partial charge in [0.2, 0.25) is 0 Å². The average molecular weight is 758 g/mol. The molecule has 0 bridgehead atoms. The van der Waals surface area contributed by atoms with E-state index >= 15 is 0 Å². The third-order valence-electron chi connectivity index (χ3n) is 8.57. The second-order valence-corrected chi connectivity index (χ2v) is 13.7. The number of phenols is 1. The molecule has 0 aliphatic rings. The number of halogens is 1. The maximum Gasteiger partial charge on any atom is 0.193 e. The van der Waals surface area contributed by atoms with Crippen LogP contribution in [0.15, 0.2) is 109 Å². The lowest BCUT2D eigenvalue weighted by molar-refractivity contribution is 0.103. The zero-order chi connectivity index (χ0) is 36.8. The van der Waals surface area contributed by atoms with Gasteiger partial charge in [0.05, 0.1) is 6.61 Å². The van der Waals surface area contributed by atoms with Crippen LogP contribution < -0.4 is 4.74 Å². The Morgan fingerprint density at radius 1 is 0.471 bits per heavy atom. The van der Waals surface area contributed by atoms with Gasteiger partial charge in [-0.05, 0) is 61.4 Å². The lowest BCUT2D eigenvalue weighted by atomic mass is 10.0. The van der Waals surface area contributed by atoms with Crippen molar-refractivity contribution in [1.82, 2.24) is 0 Å². The third-order valence-corrected chi connectivity index (χ3v) is 9.13.